The molecule has 2 rings (SSSR count). The average molecular weight is 351 g/mol. The van der Waals surface area contributed by atoms with Gasteiger partial charge in [-0.3, -0.25) is 9.69 Å². The third-order valence-corrected chi connectivity index (χ3v) is 4.39. The first-order chi connectivity index (χ1) is 12.5. The Labute approximate surface area is 155 Å². The summed E-state index contributed by atoms with van der Waals surface area (Å²) in [5.41, 5.74) is 4.58. The molecule has 0 spiro atoms. The molecule has 0 aliphatic carbocycles. The standard InChI is InChI=1S/C21H25N3O2/c1-16-7-6-10-20(17(16)2)23-21(25)15-24(11-12-26-3)14-19-9-5-4-8-18(19)13-22/h4-10H,11-12,14-15H2,1-3H3,(H,23,25). The van der Waals surface area contributed by atoms with Crippen LogP contribution in [-0.4, -0.2) is 37.6 Å². The Balaban J connectivity index is 2.08. The highest BCUT2D eigenvalue weighted by molar-refractivity contribution is 5.93. The lowest BCUT2D eigenvalue weighted by molar-refractivity contribution is -0.117. The van der Waals surface area contributed by atoms with Gasteiger partial charge in [0, 0.05) is 25.9 Å². The molecule has 0 aromatic heterocycles. The van der Waals surface area contributed by atoms with Crippen LogP contribution >= 0.6 is 0 Å². The van der Waals surface area contributed by atoms with Crippen LogP contribution in [0.2, 0.25) is 0 Å². The summed E-state index contributed by atoms with van der Waals surface area (Å²) in [6.07, 6.45) is 0. The molecule has 2 aromatic rings. The number of nitriles is 1. The molecule has 0 aliphatic rings. The molecule has 0 bridgehead atoms. The Morgan fingerprint density at radius 3 is 2.69 bits per heavy atom. The van der Waals surface area contributed by atoms with Crippen molar-refractivity contribution in [1.29, 1.82) is 5.26 Å². The second kappa shape index (κ2) is 9.71. The Morgan fingerprint density at radius 1 is 1.19 bits per heavy atom. The number of anilines is 1. The summed E-state index contributed by atoms with van der Waals surface area (Å²) in [5, 5.41) is 12.3. The van der Waals surface area contributed by atoms with E-state index < -0.39 is 0 Å². The highest BCUT2D eigenvalue weighted by Crippen LogP contribution is 2.18. The zero-order chi connectivity index (χ0) is 18.9. The minimum absolute atomic E-state index is 0.0794. The summed E-state index contributed by atoms with van der Waals surface area (Å²) in [6, 6.07) is 15.5. The lowest BCUT2D eigenvalue weighted by Crippen LogP contribution is -2.35. The molecule has 136 valence electrons. The predicted molar refractivity (Wildman–Crippen MR) is 103 cm³/mol. The lowest BCUT2D eigenvalue weighted by atomic mass is 10.1. The van der Waals surface area contributed by atoms with E-state index in [-0.39, 0.29) is 12.5 Å². The molecule has 0 saturated heterocycles. The molecule has 0 radical (unpaired) electrons. The normalized spacial score (nSPS) is 10.6. The van der Waals surface area contributed by atoms with Gasteiger partial charge in [0.2, 0.25) is 5.91 Å². The van der Waals surface area contributed by atoms with Crippen molar-refractivity contribution in [3.05, 3.63) is 64.7 Å². The summed E-state index contributed by atoms with van der Waals surface area (Å²) in [4.78, 5) is 14.5. The number of aryl methyl sites for hydroxylation is 1. The topological polar surface area (TPSA) is 65.4 Å². The summed E-state index contributed by atoms with van der Waals surface area (Å²) < 4.78 is 5.16. The van der Waals surface area contributed by atoms with Crippen molar-refractivity contribution in [2.45, 2.75) is 20.4 Å². The number of nitrogens with one attached hydrogen (secondary N) is 1. The minimum atomic E-state index is -0.0794. The van der Waals surface area contributed by atoms with Crippen molar-refractivity contribution in [2.24, 2.45) is 0 Å². The average Bonchev–Trinajstić information content (AvgIpc) is 2.64. The highest BCUT2D eigenvalue weighted by Gasteiger charge is 2.14. The number of ether oxygens (including phenoxy) is 1. The molecular formula is C21H25N3O2. The van der Waals surface area contributed by atoms with Crippen LogP contribution in [0.3, 0.4) is 0 Å². The first-order valence-electron chi connectivity index (χ1n) is 8.60. The Morgan fingerprint density at radius 2 is 1.96 bits per heavy atom. The molecule has 0 aliphatic heterocycles. The maximum atomic E-state index is 12.5. The van der Waals surface area contributed by atoms with E-state index in [0.29, 0.717) is 25.3 Å². The van der Waals surface area contributed by atoms with Crippen molar-refractivity contribution in [2.75, 3.05) is 32.1 Å². The van der Waals surface area contributed by atoms with E-state index in [1.807, 2.05) is 55.1 Å². The van der Waals surface area contributed by atoms with Gasteiger partial charge in [-0.15, -0.1) is 0 Å². The molecule has 1 amide bonds. The SMILES string of the molecule is COCCN(CC(=O)Nc1cccc(C)c1C)Cc1ccccc1C#N. The molecule has 1 N–H and O–H groups in total. The second-order valence-corrected chi connectivity index (χ2v) is 6.27. The van der Waals surface area contributed by atoms with Gasteiger partial charge in [0.1, 0.15) is 0 Å². The van der Waals surface area contributed by atoms with Gasteiger partial charge in [0.25, 0.3) is 0 Å². The number of benzene rings is 2. The Bertz CT molecular complexity index is 796. The van der Waals surface area contributed by atoms with Gasteiger partial charge < -0.3 is 10.1 Å². The van der Waals surface area contributed by atoms with Crippen molar-refractivity contribution >= 4 is 11.6 Å². The van der Waals surface area contributed by atoms with E-state index in [0.717, 1.165) is 22.4 Å². The number of methoxy groups -OCH3 is 1. The van der Waals surface area contributed by atoms with Crippen molar-refractivity contribution in [3.63, 3.8) is 0 Å². The van der Waals surface area contributed by atoms with Crippen LogP contribution < -0.4 is 5.32 Å². The van der Waals surface area contributed by atoms with Crippen LogP contribution in [0.15, 0.2) is 42.5 Å². The van der Waals surface area contributed by atoms with Crippen molar-refractivity contribution in [1.82, 2.24) is 4.90 Å². The largest absolute Gasteiger partial charge is 0.383 e. The molecular weight excluding hydrogens is 326 g/mol. The maximum absolute atomic E-state index is 12.5. The highest BCUT2D eigenvalue weighted by atomic mass is 16.5. The number of hydrogen-bond acceptors (Lipinski definition) is 4. The molecule has 0 fully saturated rings. The van der Waals surface area contributed by atoms with Gasteiger partial charge in [-0.1, -0.05) is 30.3 Å². The van der Waals surface area contributed by atoms with Crippen molar-refractivity contribution in [3.8, 4) is 6.07 Å². The first-order valence-corrected chi connectivity index (χ1v) is 8.60. The molecule has 5 heteroatoms. The number of nitrogens with zero attached hydrogens (tertiary/aromatic N) is 2. The quantitative estimate of drug-likeness (QED) is 0.793. The van der Waals surface area contributed by atoms with E-state index in [2.05, 4.69) is 11.4 Å². The van der Waals surface area contributed by atoms with Gasteiger partial charge in [-0.2, -0.15) is 5.26 Å². The number of hydrogen-bond donors (Lipinski definition) is 1. The number of carbonyl (C=O) groups excluding carboxylic acids is 1. The predicted octanol–water partition coefficient (Wildman–Crippen LogP) is 3.26. The molecule has 0 heterocycles. The number of rotatable bonds is 8. The lowest BCUT2D eigenvalue weighted by Gasteiger charge is -2.22. The molecule has 2 aromatic carbocycles. The van der Waals surface area contributed by atoms with Gasteiger partial charge in [-0.05, 0) is 42.7 Å². The summed E-state index contributed by atoms with van der Waals surface area (Å²) in [5.74, 6) is -0.0794. The van der Waals surface area contributed by atoms with Crippen LogP contribution in [0, 0.1) is 25.2 Å². The fraction of sp³-hybridized carbons (Fsp3) is 0.333. The van der Waals surface area contributed by atoms with Crippen LogP contribution in [0.25, 0.3) is 0 Å². The monoisotopic (exact) mass is 351 g/mol. The zero-order valence-electron chi connectivity index (χ0n) is 15.6. The fourth-order valence-electron chi connectivity index (χ4n) is 2.72. The van der Waals surface area contributed by atoms with Gasteiger partial charge >= 0.3 is 0 Å². The third-order valence-electron chi connectivity index (χ3n) is 4.39. The van der Waals surface area contributed by atoms with Crippen LogP contribution in [0.1, 0.15) is 22.3 Å². The zero-order valence-corrected chi connectivity index (χ0v) is 15.6. The Hall–Kier alpha value is -2.68. The van der Waals surface area contributed by atoms with E-state index >= 15 is 0 Å². The maximum Gasteiger partial charge on any atom is 0.238 e. The molecule has 0 unspecified atom stereocenters. The van der Waals surface area contributed by atoms with Gasteiger partial charge in [0.15, 0.2) is 0 Å². The second-order valence-electron chi connectivity index (χ2n) is 6.27. The minimum Gasteiger partial charge on any atom is -0.383 e. The number of amides is 1. The van der Waals surface area contributed by atoms with Crippen molar-refractivity contribution < 1.29 is 9.53 Å². The van der Waals surface area contributed by atoms with Gasteiger partial charge in [0.05, 0.1) is 24.8 Å². The van der Waals surface area contributed by atoms with E-state index in [1.165, 1.54) is 0 Å². The smallest absolute Gasteiger partial charge is 0.238 e. The summed E-state index contributed by atoms with van der Waals surface area (Å²) in [7, 11) is 1.64. The first kappa shape index (κ1) is 19.6. The van der Waals surface area contributed by atoms with E-state index in [1.54, 1.807) is 13.2 Å². The summed E-state index contributed by atoms with van der Waals surface area (Å²) in [6.45, 7) is 5.90. The molecule has 0 atom stereocenters. The van der Waals surface area contributed by atoms with Crippen LogP contribution in [-0.2, 0) is 16.1 Å². The van der Waals surface area contributed by atoms with Crippen LogP contribution in [0.5, 0.6) is 0 Å². The molecule has 26 heavy (non-hydrogen) atoms. The third kappa shape index (κ3) is 5.41. The Kier molecular flexibility index (Phi) is 7.34. The van der Waals surface area contributed by atoms with Gasteiger partial charge in [-0.25, -0.2) is 0 Å². The van der Waals surface area contributed by atoms with Crippen LogP contribution in [0.4, 0.5) is 5.69 Å². The summed E-state index contributed by atoms with van der Waals surface area (Å²) >= 11 is 0. The van der Waals surface area contributed by atoms with E-state index in [4.69, 9.17) is 4.74 Å². The molecule has 0 saturated carbocycles. The fourth-order valence-corrected chi connectivity index (χ4v) is 2.72. The van der Waals surface area contributed by atoms with E-state index in [9.17, 15) is 10.1 Å². The molecule has 5 nitrogen and oxygen atoms in total. The number of carbonyl (C=O) groups is 1.